The zero-order valence-electron chi connectivity index (χ0n) is 23.0. The molecule has 1 aromatic rings. The molecular weight excluding hydrogens is 464 g/mol. The summed E-state index contributed by atoms with van der Waals surface area (Å²) in [6.45, 7) is 18.6. The number of allylic oxidation sites excluding steroid dienone is 1. The number of rotatable bonds is 6. The number of nitrogens with two attached hydrogens (primary N) is 1. The van der Waals surface area contributed by atoms with Crippen molar-refractivity contribution in [1.82, 2.24) is 19.9 Å². The normalized spacial score (nSPS) is 14.8. The topological polar surface area (TPSA) is 100 Å². The fourth-order valence-electron chi connectivity index (χ4n) is 5.09. The molecule has 8 nitrogen and oxygen atoms in total. The van der Waals surface area contributed by atoms with E-state index in [2.05, 4.69) is 52.4 Å². The number of hydrogen-bond donors (Lipinski definition) is 2. The molecule has 1 amide bonds. The summed E-state index contributed by atoms with van der Waals surface area (Å²) in [7, 11) is 0. The van der Waals surface area contributed by atoms with Gasteiger partial charge in [-0.1, -0.05) is 20.4 Å². The Morgan fingerprint density at radius 1 is 1.30 bits per heavy atom. The lowest BCUT2D eigenvalue weighted by Gasteiger charge is -2.41. The number of pyridine rings is 1. The van der Waals surface area contributed by atoms with Crippen LogP contribution in [0.4, 0.5) is 16.4 Å². The third-order valence-electron chi connectivity index (χ3n) is 6.65. The van der Waals surface area contributed by atoms with Gasteiger partial charge in [-0.3, -0.25) is 0 Å². The molecule has 0 unspecified atom stereocenters. The summed E-state index contributed by atoms with van der Waals surface area (Å²) in [5, 5.41) is 0. The Hall–Kier alpha value is -3.55. The number of nitrogens with zero attached hydrogens (tertiary/aromatic N) is 4. The number of aromatic amines is 1. The summed E-state index contributed by atoms with van der Waals surface area (Å²) in [4.78, 5) is 29.4. The minimum atomic E-state index is -0.515. The van der Waals surface area contributed by atoms with Crippen molar-refractivity contribution in [3.8, 4) is 22.5 Å². The number of piperidine rings is 1. The quantitative estimate of drug-likeness (QED) is 0.424. The predicted octanol–water partition coefficient (Wildman–Crippen LogP) is 6.05. The van der Waals surface area contributed by atoms with E-state index in [4.69, 9.17) is 10.5 Å². The highest BCUT2D eigenvalue weighted by molar-refractivity contribution is 5.98. The highest BCUT2D eigenvalue weighted by Crippen LogP contribution is 2.45. The predicted molar refractivity (Wildman–Crippen MR) is 151 cm³/mol. The summed E-state index contributed by atoms with van der Waals surface area (Å²) < 4.78 is 5.76. The Morgan fingerprint density at radius 3 is 2.59 bits per heavy atom. The second-order valence-corrected chi connectivity index (χ2v) is 11.4. The number of H-pyrrole nitrogens is 1. The number of carbonyl (C=O) groups is 1. The summed E-state index contributed by atoms with van der Waals surface area (Å²) in [6.07, 6.45) is 5.20. The van der Waals surface area contributed by atoms with E-state index in [0.29, 0.717) is 12.5 Å². The Kier molecular flexibility index (Phi) is 7.48. The van der Waals surface area contributed by atoms with Gasteiger partial charge in [0.05, 0.1) is 11.4 Å². The molecule has 3 aliphatic rings. The first-order valence-corrected chi connectivity index (χ1v) is 13.1. The van der Waals surface area contributed by atoms with Crippen LogP contribution >= 0.6 is 0 Å². The van der Waals surface area contributed by atoms with Crippen LogP contribution < -0.4 is 10.6 Å². The lowest BCUT2D eigenvalue weighted by atomic mass is 9.98. The molecule has 8 heteroatoms. The zero-order valence-corrected chi connectivity index (χ0v) is 23.0. The Balaban J connectivity index is 1.63. The average molecular weight is 505 g/mol. The van der Waals surface area contributed by atoms with Crippen LogP contribution in [-0.4, -0.2) is 57.2 Å². The van der Waals surface area contributed by atoms with Gasteiger partial charge in [-0.05, 0) is 70.2 Å². The molecule has 4 rings (SSSR count). The average Bonchev–Trinajstić information content (AvgIpc) is 3.22. The maximum Gasteiger partial charge on any atom is 0.410 e. The van der Waals surface area contributed by atoms with Gasteiger partial charge in [-0.15, -0.1) is 0 Å². The minimum Gasteiger partial charge on any atom is -0.444 e. The highest BCUT2D eigenvalue weighted by atomic mass is 16.6. The van der Waals surface area contributed by atoms with E-state index in [0.717, 1.165) is 65.3 Å². The molecular formula is C29H40N6O2. The fourth-order valence-corrected chi connectivity index (χ4v) is 5.09. The van der Waals surface area contributed by atoms with Crippen molar-refractivity contribution in [3.05, 3.63) is 42.7 Å². The summed E-state index contributed by atoms with van der Waals surface area (Å²) in [6, 6.07) is 6.29. The van der Waals surface area contributed by atoms with Gasteiger partial charge in [0.1, 0.15) is 5.60 Å². The van der Waals surface area contributed by atoms with Gasteiger partial charge in [0, 0.05) is 60.4 Å². The Bertz CT molecular complexity index is 1230. The van der Waals surface area contributed by atoms with E-state index in [1.807, 2.05) is 44.9 Å². The molecule has 2 aliphatic heterocycles. The van der Waals surface area contributed by atoms with Gasteiger partial charge in [-0.25, -0.2) is 14.8 Å². The smallest absolute Gasteiger partial charge is 0.410 e. The van der Waals surface area contributed by atoms with Crippen molar-refractivity contribution in [2.24, 2.45) is 5.92 Å². The van der Waals surface area contributed by atoms with Crippen molar-refractivity contribution >= 4 is 23.3 Å². The van der Waals surface area contributed by atoms with Crippen LogP contribution in [0.15, 0.2) is 37.2 Å². The van der Waals surface area contributed by atoms with Crippen molar-refractivity contribution in [2.45, 2.75) is 66.0 Å². The molecule has 3 N–H and O–H groups in total. The molecule has 0 aromatic carbocycles. The molecule has 1 aliphatic carbocycles. The number of amides is 1. The monoisotopic (exact) mass is 504 g/mol. The number of ether oxygens (including phenoxy) is 1. The van der Waals surface area contributed by atoms with Gasteiger partial charge in [0.2, 0.25) is 5.95 Å². The third kappa shape index (κ3) is 5.89. The van der Waals surface area contributed by atoms with Crippen LogP contribution in [0.25, 0.3) is 28.1 Å². The van der Waals surface area contributed by atoms with Crippen LogP contribution in [0.5, 0.6) is 0 Å². The number of fused-ring (bicyclic) bond motifs is 1. The maximum atomic E-state index is 13.1. The van der Waals surface area contributed by atoms with Crippen molar-refractivity contribution in [3.63, 3.8) is 0 Å². The van der Waals surface area contributed by atoms with E-state index >= 15 is 0 Å². The van der Waals surface area contributed by atoms with E-state index in [9.17, 15) is 4.79 Å². The van der Waals surface area contributed by atoms with Gasteiger partial charge in [0.15, 0.2) is 0 Å². The molecule has 0 saturated carbocycles. The molecule has 0 radical (unpaired) electrons. The van der Waals surface area contributed by atoms with Crippen LogP contribution in [0.3, 0.4) is 0 Å². The summed E-state index contributed by atoms with van der Waals surface area (Å²) in [5.41, 5.74) is 12.5. The lowest BCUT2D eigenvalue weighted by Crippen LogP contribution is -2.50. The van der Waals surface area contributed by atoms with Crippen LogP contribution in [0.2, 0.25) is 0 Å². The van der Waals surface area contributed by atoms with Crippen molar-refractivity contribution < 1.29 is 9.53 Å². The second-order valence-electron chi connectivity index (χ2n) is 11.4. The number of hydrogen-bond acceptors (Lipinski definition) is 6. The Labute approximate surface area is 220 Å². The largest absolute Gasteiger partial charge is 0.444 e. The second kappa shape index (κ2) is 10.4. The molecule has 1 fully saturated rings. The van der Waals surface area contributed by atoms with E-state index in [1.165, 1.54) is 0 Å². The van der Waals surface area contributed by atoms with Crippen LogP contribution in [-0.2, 0) is 4.74 Å². The number of carbonyl (C=O) groups excluding carboxylic acids is 1. The molecule has 0 spiro atoms. The first kappa shape index (κ1) is 26.5. The van der Waals surface area contributed by atoms with E-state index in [1.54, 1.807) is 6.20 Å². The third-order valence-corrected chi connectivity index (χ3v) is 6.65. The Morgan fingerprint density at radius 2 is 2.00 bits per heavy atom. The number of aromatic nitrogens is 3. The van der Waals surface area contributed by atoms with Gasteiger partial charge >= 0.3 is 6.09 Å². The first-order chi connectivity index (χ1) is 17.4. The number of nitrogen functional groups attached to an aromatic ring is 1. The first-order valence-electron chi connectivity index (χ1n) is 13.1. The zero-order chi connectivity index (χ0) is 26.9. The van der Waals surface area contributed by atoms with Crippen molar-refractivity contribution in [1.29, 1.82) is 0 Å². The lowest BCUT2D eigenvalue weighted by molar-refractivity contribution is 0.0108. The van der Waals surface area contributed by atoms with E-state index < -0.39 is 5.60 Å². The maximum absolute atomic E-state index is 13.1. The number of anilines is 2. The molecule has 1 saturated heterocycles. The van der Waals surface area contributed by atoms with Crippen molar-refractivity contribution in [2.75, 3.05) is 30.3 Å². The van der Waals surface area contributed by atoms with E-state index in [-0.39, 0.29) is 18.1 Å². The standard InChI is InChI=1S/C29H40N6O2/c1-18(2)17-35(28(36)37-29(5,6)7)20-10-14-34(15-11-20)24-9-13-31-26-21(19(3)4)16-22(25(24)26)23-8-12-32-27(30)33-23/h8-9,12-13,16,18,20,31H,3,10-11,14-15,17H2,1-2,4-7H3,(H2,30,32,33). The molecule has 1 aromatic heterocycles. The summed E-state index contributed by atoms with van der Waals surface area (Å²) in [5.74, 6) is 0.612. The highest BCUT2D eigenvalue weighted by Gasteiger charge is 2.33. The summed E-state index contributed by atoms with van der Waals surface area (Å²) >= 11 is 0. The van der Waals surface area contributed by atoms with Crippen LogP contribution in [0.1, 0.15) is 59.9 Å². The molecule has 198 valence electrons. The molecule has 3 heterocycles. The van der Waals surface area contributed by atoms with Gasteiger partial charge < -0.3 is 25.3 Å². The molecule has 37 heavy (non-hydrogen) atoms. The minimum absolute atomic E-state index is 0.144. The fraction of sp³-hybridized carbons (Fsp3) is 0.483. The van der Waals surface area contributed by atoms with Crippen LogP contribution in [0, 0.1) is 5.92 Å². The number of nitrogens with one attached hydrogen (secondary N) is 1. The molecule has 0 atom stereocenters. The van der Waals surface area contributed by atoms with Gasteiger partial charge in [0.25, 0.3) is 0 Å². The van der Waals surface area contributed by atoms with Gasteiger partial charge in [-0.2, -0.15) is 0 Å². The molecule has 0 bridgehead atoms. The SMILES string of the molecule is C=C(C)c1cc(-c2ccnc(N)n2)c2c(N3CCC(N(CC(C)C)C(=O)OC(C)(C)C)CC3)cc[nH]c1-2.